The Kier molecular flexibility index (Phi) is 6.00. The first-order valence-corrected chi connectivity index (χ1v) is 9.50. The Balaban J connectivity index is 1.99. The summed E-state index contributed by atoms with van der Waals surface area (Å²) in [5.41, 5.74) is 2.99. The second-order valence-electron chi connectivity index (χ2n) is 5.78. The topological polar surface area (TPSA) is 66.8 Å². The number of rotatable bonds is 7. The lowest BCUT2D eigenvalue weighted by Crippen LogP contribution is -2.05. The van der Waals surface area contributed by atoms with E-state index in [1.807, 2.05) is 43.3 Å². The van der Waals surface area contributed by atoms with Gasteiger partial charge in [0.05, 0.1) is 12.3 Å². The van der Waals surface area contributed by atoms with Gasteiger partial charge in [0.15, 0.2) is 0 Å². The van der Waals surface area contributed by atoms with Crippen molar-refractivity contribution in [1.29, 1.82) is 0 Å². The van der Waals surface area contributed by atoms with Crippen LogP contribution < -0.4 is 0 Å². The second kappa shape index (κ2) is 7.78. The smallest absolute Gasteiger partial charge is 0.332 e. The van der Waals surface area contributed by atoms with Crippen LogP contribution in [0, 0.1) is 0 Å². The molecule has 0 heterocycles. The largest absolute Gasteiger partial charge is 0.508 e. The van der Waals surface area contributed by atoms with Crippen molar-refractivity contribution in [2.45, 2.75) is 39.0 Å². The van der Waals surface area contributed by atoms with Gasteiger partial charge in [-0.3, -0.25) is 4.57 Å². The van der Waals surface area contributed by atoms with E-state index in [4.69, 9.17) is 4.52 Å². The van der Waals surface area contributed by atoms with Crippen molar-refractivity contribution in [3.8, 4) is 5.75 Å². The molecular formula is C18H23O4P. The molecule has 5 heteroatoms. The minimum atomic E-state index is -3.60. The molecule has 0 saturated carbocycles. The molecule has 0 fully saturated rings. The van der Waals surface area contributed by atoms with E-state index in [9.17, 15) is 14.6 Å². The van der Waals surface area contributed by atoms with Crippen molar-refractivity contribution >= 4 is 7.60 Å². The molecule has 2 unspecified atom stereocenters. The van der Waals surface area contributed by atoms with Crippen LogP contribution in [0.1, 0.15) is 37.0 Å². The van der Waals surface area contributed by atoms with Gasteiger partial charge >= 0.3 is 7.60 Å². The summed E-state index contributed by atoms with van der Waals surface area (Å²) in [6.07, 6.45) is 1.26. The number of phenolic OH excluding ortho intramolecular Hbond substituents is 1. The molecule has 0 saturated heterocycles. The van der Waals surface area contributed by atoms with Crippen LogP contribution in [0.15, 0.2) is 48.5 Å². The molecule has 2 aromatic rings. The SMILES string of the molecule is CCC(C)OP(=O)(O)Cc1ccc(Cc2ccc(O)cc2)cc1. The standard InChI is InChI=1S/C18H23O4P/c1-3-14(2)22-23(20,21)13-17-6-4-15(5-7-17)12-16-8-10-18(19)11-9-16/h4-11,14,19H,3,12-13H2,1-2H3,(H,20,21). The van der Waals surface area contributed by atoms with E-state index in [1.54, 1.807) is 19.1 Å². The number of phenols is 1. The van der Waals surface area contributed by atoms with Gasteiger partial charge in [0.25, 0.3) is 0 Å². The summed E-state index contributed by atoms with van der Waals surface area (Å²) in [5.74, 6) is 0.254. The minimum absolute atomic E-state index is 0.0246. The average molecular weight is 334 g/mol. The van der Waals surface area contributed by atoms with Crippen molar-refractivity contribution in [3.05, 3.63) is 65.2 Å². The molecule has 2 N–H and O–H groups in total. The first-order valence-electron chi connectivity index (χ1n) is 7.74. The Morgan fingerprint density at radius 3 is 2.00 bits per heavy atom. The van der Waals surface area contributed by atoms with Crippen molar-refractivity contribution in [2.24, 2.45) is 0 Å². The van der Waals surface area contributed by atoms with Crippen LogP contribution in [0.3, 0.4) is 0 Å². The maximum Gasteiger partial charge on any atom is 0.332 e. The van der Waals surface area contributed by atoms with Crippen LogP contribution in [0.5, 0.6) is 5.75 Å². The van der Waals surface area contributed by atoms with Crippen molar-refractivity contribution in [1.82, 2.24) is 0 Å². The van der Waals surface area contributed by atoms with Crippen molar-refractivity contribution < 1.29 is 19.1 Å². The molecule has 2 atom stereocenters. The predicted molar refractivity (Wildman–Crippen MR) is 91.7 cm³/mol. The van der Waals surface area contributed by atoms with Crippen molar-refractivity contribution in [3.63, 3.8) is 0 Å². The highest BCUT2D eigenvalue weighted by Crippen LogP contribution is 2.47. The molecule has 0 aliphatic carbocycles. The maximum absolute atomic E-state index is 12.1. The highest BCUT2D eigenvalue weighted by molar-refractivity contribution is 7.51. The van der Waals surface area contributed by atoms with E-state index >= 15 is 0 Å². The fourth-order valence-electron chi connectivity index (χ4n) is 2.24. The molecule has 0 spiro atoms. The van der Waals surface area contributed by atoms with Gasteiger partial charge in [-0.15, -0.1) is 0 Å². The van der Waals surface area contributed by atoms with Crippen molar-refractivity contribution in [2.75, 3.05) is 0 Å². The summed E-state index contributed by atoms with van der Waals surface area (Å²) >= 11 is 0. The summed E-state index contributed by atoms with van der Waals surface area (Å²) in [4.78, 5) is 9.91. The molecular weight excluding hydrogens is 311 g/mol. The molecule has 0 bridgehead atoms. The first kappa shape index (κ1) is 17.7. The summed E-state index contributed by atoms with van der Waals surface area (Å²) < 4.78 is 17.3. The highest BCUT2D eigenvalue weighted by atomic mass is 31.2. The lowest BCUT2D eigenvalue weighted by molar-refractivity contribution is 0.185. The van der Waals surface area contributed by atoms with E-state index in [-0.39, 0.29) is 18.0 Å². The van der Waals surface area contributed by atoms with Crippen LogP contribution in [-0.2, 0) is 21.7 Å². The Hall–Kier alpha value is -1.61. The van der Waals surface area contributed by atoms with Gasteiger partial charge < -0.3 is 14.5 Å². The minimum Gasteiger partial charge on any atom is -0.508 e. The zero-order valence-electron chi connectivity index (χ0n) is 13.5. The van der Waals surface area contributed by atoms with E-state index in [1.165, 1.54) is 0 Å². The second-order valence-corrected chi connectivity index (χ2v) is 7.58. The van der Waals surface area contributed by atoms with Crippen LogP contribution in [0.2, 0.25) is 0 Å². The van der Waals surface area contributed by atoms with Gasteiger partial charge in [0.1, 0.15) is 5.75 Å². The highest BCUT2D eigenvalue weighted by Gasteiger charge is 2.22. The maximum atomic E-state index is 12.1. The zero-order valence-corrected chi connectivity index (χ0v) is 14.4. The van der Waals surface area contributed by atoms with Gasteiger partial charge in [-0.1, -0.05) is 43.3 Å². The van der Waals surface area contributed by atoms with E-state index in [0.717, 1.165) is 23.1 Å². The molecule has 2 rings (SSSR count). The molecule has 23 heavy (non-hydrogen) atoms. The van der Waals surface area contributed by atoms with Gasteiger partial charge in [-0.2, -0.15) is 0 Å². The van der Waals surface area contributed by atoms with Crippen LogP contribution in [0.25, 0.3) is 0 Å². The number of hydrogen-bond acceptors (Lipinski definition) is 3. The normalized spacial score (nSPS) is 15.1. The van der Waals surface area contributed by atoms with Gasteiger partial charge in [-0.05, 0) is 48.6 Å². The number of aromatic hydroxyl groups is 1. The summed E-state index contributed by atoms with van der Waals surface area (Å²) in [6, 6.07) is 14.7. The Bertz CT molecular complexity index is 664. The molecule has 0 amide bonds. The van der Waals surface area contributed by atoms with E-state index in [2.05, 4.69) is 0 Å². The summed E-state index contributed by atoms with van der Waals surface area (Å²) in [6.45, 7) is 3.71. The summed E-state index contributed by atoms with van der Waals surface area (Å²) in [7, 11) is -3.60. The number of hydrogen-bond donors (Lipinski definition) is 2. The molecule has 0 aromatic heterocycles. The molecule has 0 radical (unpaired) electrons. The summed E-state index contributed by atoms with van der Waals surface area (Å²) in [5, 5.41) is 9.29. The quantitative estimate of drug-likeness (QED) is 0.733. The lowest BCUT2D eigenvalue weighted by atomic mass is 10.0. The van der Waals surface area contributed by atoms with Gasteiger partial charge in [0, 0.05) is 0 Å². The Labute approximate surface area is 137 Å². The molecule has 4 nitrogen and oxygen atoms in total. The zero-order chi connectivity index (χ0) is 16.9. The third-order valence-corrected chi connectivity index (χ3v) is 5.12. The predicted octanol–water partition coefficient (Wildman–Crippen LogP) is 4.48. The fourth-order valence-corrected chi connectivity index (χ4v) is 3.69. The monoisotopic (exact) mass is 334 g/mol. The Morgan fingerprint density at radius 1 is 1.00 bits per heavy atom. The van der Waals surface area contributed by atoms with Gasteiger partial charge in [0.2, 0.25) is 0 Å². The van der Waals surface area contributed by atoms with Crippen LogP contribution >= 0.6 is 7.60 Å². The van der Waals surface area contributed by atoms with Crippen LogP contribution in [-0.4, -0.2) is 16.1 Å². The molecule has 2 aromatic carbocycles. The lowest BCUT2D eigenvalue weighted by Gasteiger charge is -2.16. The van der Waals surface area contributed by atoms with Crippen LogP contribution in [0.4, 0.5) is 0 Å². The third-order valence-electron chi connectivity index (χ3n) is 3.67. The first-order chi connectivity index (χ1) is 10.9. The molecule has 124 valence electrons. The van der Waals surface area contributed by atoms with E-state index in [0.29, 0.717) is 6.42 Å². The van der Waals surface area contributed by atoms with Gasteiger partial charge in [-0.25, -0.2) is 0 Å². The average Bonchev–Trinajstić information content (AvgIpc) is 2.50. The van der Waals surface area contributed by atoms with E-state index < -0.39 is 7.60 Å². The Morgan fingerprint density at radius 2 is 1.48 bits per heavy atom. The third kappa shape index (κ3) is 5.83. The molecule has 0 aliphatic rings. The number of benzene rings is 2. The fraction of sp³-hybridized carbons (Fsp3) is 0.333. The molecule has 0 aliphatic heterocycles.